The van der Waals surface area contributed by atoms with Crippen molar-refractivity contribution in [2.75, 3.05) is 13.7 Å². The van der Waals surface area contributed by atoms with Crippen LogP contribution in [0, 0.1) is 0 Å². The summed E-state index contributed by atoms with van der Waals surface area (Å²) >= 11 is 3.50. The molecular weight excluding hydrogens is 502 g/mol. The molecule has 0 bridgehead atoms. The molecule has 1 amide bonds. The van der Waals surface area contributed by atoms with Gasteiger partial charge in [-0.25, -0.2) is 19.6 Å². The fourth-order valence-corrected chi connectivity index (χ4v) is 4.21. The second-order valence-electron chi connectivity index (χ2n) is 9.02. The largest absolute Gasteiger partial charge is 0.471 e. The molecule has 1 fully saturated rings. The monoisotopic (exact) mass is 527 g/mol. The van der Waals surface area contributed by atoms with Gasteiger partial charge in [-0.3, -0.25) is 4.90 Å². The van der Waals surface area contributed by atoms with E-state index in [2.05, 4.69) is 15.9 Å². The lowest BCUT2D eigenvalue weighted by atomic mass is 10.1. The van der Waals surface area contributed by atoms with E-state index in [1.54, 1.807) is 20.8 Å². The first-order valence-corrected chi connectivity index (χ1v) is 11.7. The number of esters is 1. The van der Waals surface area contributed by atoms with Gasteiger partial charge in [0.1, 0.15) is 23.4 Å². The van der Waals surface area contributed by atoms with E-state index in [0.29, 0.717) is 17.1 Å². The molecule has 1 saturated heterocycles. The third-order valence-electron chi connectivity index (χ3n) is 5.28. The number of benzene rings is 2. The predicted molar refractivity (Wildman–Crippen MR) is 130 cm³/mol. The second-order valence-corrected chi connectivity index (χ2v) is 9.94. The summed E-state index contributed by atoms with van der Waals surface area (Å²) in [5.74, 6) is -0.190. The third-order valence-corrected chi connectivity index (χ3v) is 5.77. The summed E-state index contributed by atoms with van der Waals surface area (Å²) < 4.78 is 17.6. The summed E-state index contributed by atoms with van der Waals surface area (Å²) in [6.45, 7) is 5.48. The number of hydrogen-bond acceptors (Lipinski definition) is 7. The number of fused-ring (bicyclic) bond motifs is 1. The van der Waals surface area contributed by atoms with Crippen LogP contribution in [0.2, 0.25) is 0 Å². The molecule has 1 aliphatic heterocycles. The van der Waals surface area contributed by atoms with Crippen LogP contribution >= 0.6 is 15.9 Å². The lowest BCUT2D eigenvalue weighted by Gasteiger charge is -2.27. The Labute approximate surface area is 206 Å². The van der Waals surface area contributed by atoms with E-state index in [9.17, 15) is 9.59 Å². The standard InChI is InChI=1S/C25H26BrN3O5/c1-25(2,3)34-24(31)29-14-17(13-20(29)23(30)32-4)33-22-21(15-8-7-9-16(26)12-15)27-18-10-5-6-11-19(18)28-22/h5-12,17,20H,13-14H2,1-4H3/t17-,20+/m1/s1. The molecule has 178 valence electrons. The number of para-hydroxylation sites is 2. The van der Waals surface area contributed by atoms with Gasteiger partial charge in [-0.05, 0) is 45.0 Å². The minimum Gasteiger partial charge on any atom is -0.471 e. The fraction of sp³-hybridized carbons (Fsp3) is 0.360. The molecule has 0 N–H and O–H groups in total. The lowest BCUT2D eigenvalue weighted by Crippen LogP contribution is -2.44. The van der Waals surface area contributed by atoms with Crippen LogP contribution < -0.4 is 4.74 Å². The number of rotatable bonds is 4. The van der Waals surface area contributed by atoms with Crippen LogP contribution in [0.25, 0.3) is 22.3 Å². The number of likely N-dealkylation sites (tertiary alicyclic amines) is 1. The van der Waals surface area contributed by atoms with Gasteiger partial charge in [-0.1, -0.05) is 40.2 Å². The Morgan fingerprint density at radius 3 is 2.41 bits per heavy atom. The highest BCUT2D eigenvalue weighted by molar-refractivity contribution is 9.10. The summed E-state index contributed by atoms with van der Waals surface area (Å²) in [6, 6.07) is 14.4. The number of methoxy groups -OCH3 is 1. The van der Waals surface area contributed by atoms with E-state index in [1.165, 1.54) is 12.0 Å². The summed E-state index contributed by atoms with van der Waals surface area (Å²) in [5.41, 5.74) is 2.12. The molecule has 34 heavy (non-hydrogen) atoms. The molecule has 3 aromatic rings. The predicted octanol–water partition coefficient (Wildman–Crippen LogP) is 4.99. The SMILES string of the molecule is COC(=O)[C@@H]1C[C@@H](Oc2nc3ccccc3nc2-c2cccc(Br)c2)CN1C(=O)OC(C)(C)C. The average Bonchev–Trinajstić information content (AvgIpc) is 3.21. The van der Waals surface area contributed by atoms with Crippen LogP contribution in [0.4, 0.5) is 4.79 Å². The maximum Gasteiger partial charge on any atom is 0.411 e. The van der Waals surface area contributed by atoms with Crippen molar-refractivity contribution in [3.63, 3.8) is 0 Å². The molecule has 8 nitrogen and oxygen atoms in total. The van der Waals surface area contributed by atoms with Crippen LogP contribution in [0.3, 0.4) is 0 Å². The van der Waals surface area contributed by atoms with Gasteiger partial charge in [0.05, 0.1) is 24.7 Å². The van der Waals surface area contributed by atoms with Crippen LogP contribution in [0.1, 0.15) is 27.2 Å². The topological polar surface area (TPSA) is 90.9 Å². The number of amides is 1. The molecular formula is C25H26BrN3O5. The van der Waals surface area contributed by atoms with Gasteiger partial charge in [0, 0.05) is 16.5 Å². The van der Waals surface area contributed by atoms with Crippen molar-refractivity contribution >= 4 is 39.0 Å². The highest BCUT2D eigenvalue weighted by Crippen LogP contribution is 2.33. The molecule has 1 aliphatic rings. The first-order chi connectivity index (χ1) is 16.1. The van der Waals surface area contributed by atoms with Crippen molar-refractivity contribution in [1.29, 1.82) is 0 Å². The van der Waals surface area contributed by atoms with Crippen molar-refractivity contribution in [3.8, 4) is 17.1 Å². The van der Waals surface area contributed by atoms with Gasteiger partial charge in [0.15, 0.2) is 0 Å². The summed E-state index contributed by atoms with van der Waals surface area (Å²) in [4.78, 5) is 36.1. The van der Waals surface area contributed by atoms with Gasteiger partial charge in [0.2, 0.25) is 5.88 Å². The number of ether oxygens (including phenoxy) is 3. The summed E-state index contributed by atoms with van der Waals surface area (Å²) in [6.07, 6.45) is -0.845. The number of halogens is 1. The number of aromatic nitrogens is 2. The number of nitrogens with zero attached hydrogens (tertiary/aromatic N) is 3. The summed E-state index contributed by atoms with van der Waals surface area (Å²) in [7, 11) is 1.30. The second kappa shape index (κ2) is 9.58. The van der Waals surface area contributed by atoms with Crippen molar-refractivity contribution < 1.29 is 23.8 Å². The summed E-state index contributed by atoms with van der Waals surface area (Å²) in [5, 5.41) is 0. The van der Waals surface area contributed by atoms with Gasteiger partial charge >= 0.3 is 12.1 Å². The Balaban J connectivity index is 1.68. The van der Waals surface area contributed by atoms with Crippen molar-refractivity contribution in [3.05, 3.63) is 53.0 Å². The molecule has 0 unspecified atom stereocenters. The third kappa shape index (κ3) is 5.30. The van der Waals surface area contributed by atoms with Gasteiger partial charge in [-0.15, -0.1) is 0 Å². The van der Waals surface area contributed by atoms with E-state index in [-0.39, 0.29) is 13.0 Å². The van der Waals surface area contributed by atoms with E-state index >= 15 is 0 Å². The highest BCUT2D eigenvalue weighted by Gasteiger charge is 2.43. The zero-order chi connectivity index (χ0) is 24.5. The Morgan fingerprint density at radius 1 is 1.06 bits per heavy atom. The zero-order valence-corrected chi connectivity index (χ0v) is 21.0. The first kappa shape index (κ1) is 23.9. The minimum absolute atomic E-state index is 0.154. The molecule has 2 heterocycles. The molecule has 0 aliphatic carbocycles. The van der Waals surface area contributed by atoms with Crippen LogP contribution in [0.15, 0.2) is 53.0 Å². The van der Waals surface area contributed by atoms with E-state index in [0.717, 1.165) is 15.6 Å². The molecule has 4 rings (SSSR count). The Morgan fingerprint density at radius 2 is 1.76 bits per heavy atom. The molecule has 2 atom stereocenters. The Hall–Kier alpha value is -3.20. The molecule has 0 radical (unpaired) electrons. The van der Waals surface area contributed by atoms with E-state index in [1.807, 2.05) is 48.5 Å². The molecule has 0 spiro atoms. The van der Waals surface area contributed by atoms with Crippen molar-refractivity contribution in [2.45, 2.75) is 44.9 Å². The number of carbonyl (C=O) groups excluding carboxylic acids is 2. The van der Waals surface area contributed by atoms with E-state index in [4.69, 9.17) is 24.2 Å². The average molecular weight is 528 g/mol. The van der Waals surface area contributed by atoms with Crippen molar-refractivity contribution in [1.82, 2.24) is 14.9 Å². The highest BCUT2D eigenvalue weighted by atomic mass is 79.9. The van der Waals surface area contributed by atoms with Crippen LogP contribution in [0.5, 0.6) is 5.88 Å². The minimum atomic E-state index is -0.812. The Kier molecular flexibility index (Phi) is 6.74. The van der Waals surface area contributed by atoms with Gasteiger partial charge in [-0.2, -0.15) is 0 Å². The maximum absolute atomic E-state index is 12.8. The normalized spacial score (nSPS) is 18.1. The van der Waals surface area contributed by atoms with E-state index < -0.39 is 29.8 Å². The van der Waals surface area contributed by atoms with Crippen LogP contribution in [-0.2, 0) is 14.3 Å². The number of carbonyl (C=O) groups is 2. The zero-order valence-electron chi connectivity index (χ0n) is 19.4. The molecule has 9 heteroatoms. The number of hydrogen-bond donors (Lipinski definition) is 0. The fourth-order valence-electron chi connectivity index (χ4n) is 3.81. The smallest absolute Gasteiger partial charge is 0.411 e. The Bertz CT molecular complexity index is 1230. The molecule has 0 saturated carbocycles. The molecule has 1 aromatic heterocycles. The van der Waals surface area contributed by atoms with Gasteiger partial charge < -0.3 is 14.2 Å². The quantitative estimate of drug-likeness (QED) is 0.441. The van der Waals surface area contributed by atoms with Crippen molar-refractivity contribution in [2.24, 2.45) is 0 Å². The lowest BCUT2D eigenvalue weighted by molar-refractivity contribution is -0.145. The molecule has 2 aromatic carbocycles. The maximum atomic E-state index is 12.8. The van der Waals surface area contributed by atoms with Crippen LogP contribution in [-0.4, -0.2) is 58.3 Å². The van der Waals surface area contributed by atoms with Gasteiger partial charge in [0.25, 0.3) is 0 Å². The first-order valence-electron chi connectivity index (χ1n) is 10.9.